The largest absolute Gasteiger partial charge is 0.472 e. The fourth-order valence-corrected chi connectivity index (χ4v) is 2.25. The minimum absolute atomic E-state index is 0.172. The fraction of sp³-hybridized carbons (Fsp3) is 0.500. The smallest absolute Gasteiger partial charge is 0.0934 e. The lowest BCUT2D eigenvalue weighted by Crippen LogP contribution is -1.90. The Morgan fingerprint density at radius 1 is 1.32 bits per heavy atom. The first kappa shape index (κ1) is 18.5. The first-order chi connectivity index (χ1) is 10.6. The van der Waals surface area contributed by atoms with Crippen LogP contribution in [0.5, 0.6) is 0 Å². The van der Waals surface area contributed by atoms with Crippen LogP contribution in [-0.2, 0) is 6.42 Å². The van der Waals surface area contributed by atoms with Gasteiger partial charge in [0.05, 0.1) is 19.1 Å². The van der Waals surface area contributed by atoms with Crippen LogP contribution in [0.2, 0.25) is 0 Å². The number of aliphatic hydroxyl groups is 1. The monoisotopic (exact) mass is 302 g/mol. The van der Waals surface area contributed by atoms with Crippen LogP contribution in [0.4, 0.5) is 0 Å². The number of rotatable bonds is 10. The molecule has 0 spiro atoms. The van der Waals surface area contributed by atoms with E-state index in [4.69, 9.17) is 9.52 Å². The highest BCUT2D eigenvalue weighted by Crippen LogP contribution is 2.12. The van der Waals surface area contributed by atoms with Gasteiger partial charge >= 0.3 is 0 Å². The molecule has 0 fully saturated rings. The van der Waals surface area contributed by atoms with Gasteiger partial charge in [0, 0.05) is 0 Å². The molecule has 1 heterocycles. The van der Waals surface area contributed by atoms with Crippen molar-refractivity contribution < 1.29 is 9.52 Å². The normalized spacial score (nSPS) is 14.7. The number of furan rings is 1. The molecule has 0 aliphatic heterocycles. The SMILES string of the molecule is C/C(=C\CC[C@H](C)/C=C\C=C(/C)CCCc1ccoc1)CO. The maximum atomic E-state index is 8.94. The average Bonchev–Trinajstić information content (AvgIpc) is 3.00. The Hall–Kier alpha value is -1.54. The van der Waals surface area contributed by atoms with E-state index in [1.165, 1.54) is 11.1 Å². The molecule has 1 N–H and O–H groups in total. The predicted octanol–water partition coefficient (Wildman–Crippen LogP) is 5.46. The number of aryl methyl sites for hydroxylation is 1. The zero-order chi connectivity index (χ0) is 16.2. The number of allylic oxidation sites excluding steroid dienone is 5. The molecule has 2 nitrogen and oxygen atoms in total. The number of hydrogen-bond acceptors (Lipinski definition) is 2. The van der Waals surface area contributed by atoms with E-state index in [1.54, 1.807) is 6.26 Å². The molecule has 0 amide bonds. The highest BCUT2D eigenvalue weighted by Gasteiger charge is 1.97. The second kappa shape index (κ2) is 11.1. The van der Waals surface area contributed by atoms with Crippen molar-refractivity contribution in [2.45, 2.75) is 52.9 Å². The van der Waals surface area contributed by atoms with Crippen molar-refractivity contribution in [3.63, 3.8) is 0 Å². The van der Waals surface area contributed by atoms with Crippen LogP contribution in [0, 0.1) is 5.92 Å². The van der Waals surface area contributed by atoms with Gasteiger partial charge in [0.1, 0.15) is 0 Å². The number of aliphatic hydroxyl groups excluding tert-OH is 1. The molecule has 0 aromatic carbocycles. The van der Waals surface area contributed by atoms with Crippen molar-refractivity contribution in [3.8, 4) is 0 Å². The third-order valence-corrected chi connectivity index (χ3v) is 3.80. The summed E-state index contributed by atoms with van der Waals surface area (Å²) >= 11 is 0. The Morgan fingerprint density at radius 3 is 2.82 bits per heavy atom. The van der Waals surface area contributed by atoms with E-state index in [0.717, 1.165) is 37.7 Å². The lowest BCUT2D eigenvalue weighted by Gasteiger charge is -2.04. The van der Waals surface area contributed by atoms with Gasteiger partial charge in [-0.15, -0.1) is 0 Å². The van der Waals surface area contributed by atoms with Crippen LogP contribution in [0.3, 0.4) is 0 Å². The molecule has 1 aromatic rings. The summed E-state index contributed by atoms with van der Waals surface area (Å²) in [6.45, 7) is 6.57. The highest BCUT2D eigenvalue weighted by atomic mass is 16.3. The van der Waals surface area contributed by atoms with Gasteiger partial charge in [0.2, 0.25) is 0 Å². The second-order valence-electron chi connectivity index (χ2n) is 6.15. The van der Waals surface area contributed by atoms with Gasteiger partial charge < -0.3 is 9.52 Å². The number of hydrogen-bond donors (Lipinski definition) is 1. The molecule has 122 valence electrons. The van der Waals surface area contributed by atoms with Crippen molar-refractivity contribution in [1.82, 2.24) is 0 Å². The van der Waals surface area contributed by atoms with E-state index in [9.17, 15) is 0 Å². The zero-order valence-electron chi connectivity index (χ0n) is 14.2. The maximum Gasteiger partial charge on any atom is 0.0934 e. The molecule has 0 saturated carbocycles. The average molecular weight is 302 g/mol. The third kappa shape index (κ3) is 8.68. The van der Waals surface area contributed by atoms with Gasteiger partial charge in [0.25, 0.3) is 0 Å². The minimum Gasteiger partial charge on any atom is -0.472 e. The van der Waals surface area contributed by atoms with Gasteiger partial charge in [0.15, 0.2) is 0 Å². The molecule has 0 saturated heterocycles. The van der Waals surface area contributed by atoms with Crippen LogP contribution in [0.1, 0.15) is 52.0 Å². The molecular weight excluding hydrogens is 272 g/mol. The molecule has 0 unspecified atom stereocenters. The Bertz CT molecular complexity index is 478. The molecule has 0 bridgehead atoms. The topological polar surface area (TPSA) is 33.4 Å². The summed E-state index contributed by atoms with van der Waals surface area (Å²) in [5.74, 6) is 0.567. The Morgan fingerprint density at radius 2 is 2.14 bits per heavy atom. The quantitative estimate of drug-likeness (QED) is 0.460. The van der Waals surface area contributed by atoms with Crippen LogP contribution >= 0.6 is 0 Å². The van der Waals surface area contributed by atoms with E-state index in [0.29, 0.717) is 5.92 Å². The Balaban J connectivity index is 2.20. The van der Waals surface area contributed by atoms with Crippen molar-refractivity contribution in [2.75, 3.05) is 6.61 Å². The van der Waals surface area contributed by atoms with Gasteiger partial charge in [-0.3, -0.25) is 0 Å². The zero-order valence-corrected chi connectivity index (χ0v) is 14.2. The maximum absolute atomic E-state index is 8.94. The molecule has 0 aliphatic carbocycles. The van der Waals surface area contributed by atoms with Crippen molar-refractivity contribution in [3.05, 3.63) is 59.6 Å². The summed E-state index contributed by atoms with van der Waals surface area (Å²) in [5, 5.41) is 8.94. The van der Waals surface area contributed by atoms with Crippen LogP contribution < -0.4 is 0 Å². The summed E-state index contributed by atoms with van der Waals surface area (Å²) in [4.78, 5) is 0. The molecule has 1 aromatic heterocycles. The van der Waals surface area contributed by atoms with Crippen molar-refractivity contribution >= 4 is 0 Å². The molecular formula is C20H30O2. The van der Waals surface area contributed by atoms with Crippen LogP contribution in [0.25, 0.3) is 0 Å². The van der Waals surface area contributed by atoms with Gasteiger partial charge in [-0.1, -0.05) is 42.4 Å². The Labute approximate surface area is 135 Å². The predicted molar refractivity (Wildman–Crippen MR) is 93.8 cm³/mol. The molecule has 1 atom stereocenters. The van der Waals surface area contributed by atoms with Gasteiger partial charge in [-0.05, 0) is 63.5 Å². The first-order valence-corrected chi connectivity index (χ1v) is 8.23. The summed E-state index contributed by atoms with van der Waals surface area (Å²) in [7, 11) is 0. The van der Waals surface area contributed by atoms with E-state index in [2.05, 4.69) is 38.2 Å². The summed E-state index contributed by atoms with van der Waals surface area (Å²) in [6.07, 6.45) is 17.9. The lowest BCUT2D eigenvalue weighted by molar-refractivity contribution is 0.330. The lowest BCUT2D eigenvalue weighted by atomic mass is 10.0. The van der Waals surface area contributed by atoms with Gasteiger partial charge in [-0.2, -0.15) is 0 Å². The van der Waals surface area contributed by atoms with Crippen LogP contribution in [-0.4, -0.2) is 11.7 Å². The Kier molecular flexibility index (Phi) is 9.33. The third-order valence-electron chi connectivity index (χ3n) is 3.80. The summed E-state index contributed by atoms with van der Waals surface area (Å²) in [5.41, 5.74) is 3.76. The summed E-state index contributed by atoms with van der Waals surface area (Å²) < 4.78 is 5.07. The molecule has 2 heteroatoms. The highest BCUT2D eigenvalue weighted by molar-refractivity contribution is 5.12. The van der Waals surface area contributed by atoms with Crippen molar-refractivity contribution in [2.24, 2.45) is 5.92 Å². The van der Waals surface area contributed by atoms with E-state index in [-0.39, 0.29) is 6.61 Å². The van der Waals surface area contributed by atoms with E-state index >= 15 is 0 Å². The van der Waals surface area contributed by atoms with E-state index in [1.807, 2.05) is 19.3 Å². The van der Waals surface area contributed by atoms with Gasteiger partial charge in [-0.25, -0.2) is 0 Å². The van der Waals surface area contributed by atoms with Crippen LogP contribution in [0.15, 0.2) is 58.5 Å². The van der Waals surface area contributed by atoms with Crippen molar-refractivity contribution in [1.29, 1.82) is 0 Å². The fourth-order valence-electron chi connectivity index (χ4n) is 2.25. The first-order valence-electron chi connectivity index (χ1n) is 8.23. The minimum atomic E-state index is 0.172. The second-order valence-corrected chi connectivity index (χ2v) is 6.15. The molecule has 0 radical (unpaired) electrons. The molecule has 22 heavy (non-hydrogen) atoms. The van der Waals surface area contributed by atoms with E-state index < -0.39 is 0 Å². The summed E-state index contributed by atoms with van der Waals surface area (Å²) in [6, 6.07) is 2.04. The molecule has 0 aliphatic rings. The molecule has 1 rings (SSSR count). The standard InChI is InChI=1S/C20H30O2/c1-17(9-5-11-19(3)15-21)7-4-8-18(2)10-6-12-20-13-14-22-16-20/h4,7-8,11,13-14,16-17,21H,5-6,9-10,12,15H2,1-3H3/b7-4-,18-8+,19-11+/t17-/m1/s1.